The van der Waals surface area contributed by atoms with Gasteiger partial charge in [-0.1, -0.05) is 12.1 Å². The van der Waals surface area contributed by atoms with Crippen LogP contribution in [0.1, 0.15) is 46.6 Å². The van der Waals surface area contributed by atoms with E-state index in [1.54, 1.807) is 6.20 Å². The molecule has 0 amide bonds. The fourth-order valence-corrected chi connectivity index (χ4v) is 3.74. The van der Waals surface area contributed by atoms with Crippen molar-refractivity contribution in [2.24, 2.45) is 0 Å². The minimum atomic E-state index is -0.517. The van der Waals surface area contributed by atoms with E-state index in [2.05, 4.69) is 21.3 Å². The zero-order valence-electron chi connectivity index (χ0n) is 21.2. The Morgan fingerprint density at radius 3 is 2.44 bits per heavy atom. The number of pyridine rings is 1. The molecule has 0 saturated carbocycles. The van der Waals surface area contributed by atoms with Crippen LogP contribution in [0, 0.1) is 11.3 Å². The first-order chi connectivity index (χ1) is 16.2. The number of morpholine rings is 1. The van der Waals surface area contributed by atoms with Crippen molar-refractivity contribution >= 4 is 5.69 Å². The molecule has 1 aromatic carbocycles. The van der Waals surface area contributed by atoms with Gasteiger partial charge < -0.3 is 19.5 Å². The first-order valence-electron chi connectivity index (χ1n) is 12.0. The monoisotopic (exact) mass is 466 g/mol. The highest BCUT2D eigenvalue weighted by molar-refractivity contribution is 5.73. The van der Waals surface area contributed by atoms with Gasteiger partial charge in [0.05, 0.1) is 25.4 Å². The van der Waals surface area contributed by atoms with Crippen molar-refractivity contribution in [1.29, 1.82) is 5.26 Å². The van der Waals surface area contributed by atoms with E-state index in [0.717, 1.165) is 56.2 Å². The van der Waals surface area contributed by atoms with Crippen LogP contribution in [0.25, 0.3) is 11.1 Å². The fourth-order valence-electron chi connectivity index (χ4n) is 3.74. The van der Waals surface area contributed by atoms with Crippen molar-refractivity contribution in [2.75, 3.05) is 51.3 Å². The number of hydrogen-bond donors (Lipinski definition) is 1. The smallest absolute Gasteiger partial charge is 0.232 e. The first-order valence-corrected chi connectivity index (χ1v) is 12.0. The van der Waals surface area contributed by atoms with Gasteiger partial charge in [0, 0.05) is 50.0 Å². The van der Waals surface area contributed by atoms with Gasteiger partial charge in [-0.2, -0.15) is 5.26 Å². The van der Waals surface area contributed by atoms with Crippen molar-refractivity contribution in [2.45, 2.75) is 52.2 Å². The summed E-state index contributed by atoms with van der Waals surface area (Å²) in [5.74, 6) is 0.355. The van der Waals surface area contributed by atoms with Crippen molar-refractivity contribution in [3.63, 3.8) is 0 Å². The van der Waals surface area contributed by atoms with Gasteiger partial charge in [-0.15, -0.1) is 0 Å². The van der Waals surface area contributed by atoms with Crippen LogP contribution in [-0.4, -0.2) is 67.1 Å². The quantitative estimate of drug-likeness (QED) is 0.542. The van der Waals surface area contributed by atoms with E-state index in [1.165, 1.54) is 0 Å². The van der Waals surface area contributed by atoms with E-state index >= 15 is 0 Å². The number of rotatable bonds is 10. The largest absolute Gasteiger partial charge is 0.471 e. The summed E-state index contributed by atoms with van der Waals surface area (Å²) in [4.78, 5) is 6.77. The van der Waals surface area contributed by atoms with E-state index in [0.29, 0.717) is 24.5 Å². The predicted octanol–water partition coefficient (Wildman–Crippen LogP) is 4.73. The Balaban J connectivity index is 1.64. The standard InChI is InChI=1S/C27H38N4O3/c1-26(2,3)33-17-11-27(4,5)34-25-24(20-28)23(10-12-30-25)21-6-8-22(9-7-21)29-13-14-31-15-18-32-19-16-31/h6-10,12,29H,11,13-19H2,1-5H3. The molecule has 7 heteroatoms. The van der Waals surface area contributed by atoms with Gasteiger partial charge in [-0.05, 0) is 58.4 Å². The molecule has 0 atom stereocenters. The molecule has 0 bridgehead atoms. The Morgan fingerprint density at radius 1 is 1.09 bits per heavy atom. The van der Waals surface area contributed by atoms with E-state index in [4.69, 9.17) is 14.2 Å². The van der Waals surface area contributed by atoms with Crippen LogP contribution in [0.15, 0.2) is 36.5 Å². The molecule has 3 rings (SSSR count). The summed E-state index contributed by atoms with van der Waals surface area (Å²) < 4.78 is 17.4. The highest BCUT2D eigenvalue weighted by atomic mass is 16.5. The molecule has 1 N–H and O–H groups in total. The Kier molecular flexibility index (Phi) is 8.90. The number of nitriles is 1. The fraction of sp³-hybridized carbons (Fsp3) is 0.556. The maximum Gasteiger partial charge on any atom is 0.232 e. The Morgan fingerprint density at radius 2 is 1.79 bits per heavy atom. The third-order valence-electron chi connectivity index (χ3n) is 5.70. The molecule has 1 fully saturated rings. The third kappa shape index (κ3) is 7.98. The van der Waals surface area contributed by atoms with Crippen LogP contribution in [0.2, 0.25) is 0 Å². The molecule has 1 aliphatic heterocycles. The van der Waals surface area contributed by atoms with Crippen LogP contribution in [-0.2, 0) is 9.47 Å². The van der Waals surface area contributed by atoms with Crippen LogP contribution in [0.5, 0.6) is 5.88 Å². The predicted molar refractivity (Wildman–Crippen MR) is 135 cm³/mol. The number of nitrogens with one attached hydrogen (secondary N) is 1. The van der Waals surface area contributed by atoms with E-state index in [-0.39, 0.29) is 5.60 Å². The zero-order chi connectivity index (χ0) is 24.6. The number of aromatic nitrogens is 1. The number of anilines is 1. The molecule has 1 aromatic heterocycles. The molecule has 1 aliphatic rings. The summed E-state index contributed by atoms with van der Waals surface area (Å²) in [6.07, 6.45) is 2.38. The second-order valence-electron chi connectivity index (χ2n) is 10.2. The normalized spacial score (nSPS) is 15.1. The van der Waals surface area contributed by atoms with E-state index in [1.807, 2.05) is 65.0 Å². The Labute approximate surface area is 204 Å². The van der Waals surface area contributed by atoms with Crippen LogP contribution < -0.4 is 10.1 Å². The van der Waals surface area contributed by atoms with Gasteiger partial charge in [-0.3, -0.25) is 4.90 Å². The lowest BCUT2D eigenvalue weighted by Gasteiger charge is -2.28. The zero-order valence-corrected chi connectivity index (χ0v) is 21.2. The maximum absolute atomic E-state index is 9.91. The Bertz CT molecular complexity index is 955. The van der Waals surface area contributed by atoms with Crippen molar-refractivity contribution in [3.05, 3.63) is 42.1 Å². The lowest BCUT2D eigenvalue weighted by molar-refractivity contribution is -0.0300. The second-order valence-corrected chi connectivity index (χ2v) is 10.2. The van der Waals surface area contributed by atoms with Crippen LogP contribution in [0.3, 0.4) is 0 Å². The lowest BCUT2D eigenvalue weighted by atomic mass is 10.0. The highest BCUT2D eigenvalue weighted by Gasteiger charge is 2.25. The second kappa shape index (κ2) is 11.7. The third-order valence-corrected chi connectivity index (χ3v) is 5.70. The van der Waals surface area contributed by atoms with Gasteiger partial charge in [0.15, 0.2) is 0 Å². The summed E-state index contributed by atoms with van der Waals surface area (Å²) in [7, 11) is 0. The summed E-state index contributed by atoms with van der Waals surface area (Å²) in [6, 6.07) is 12.3. The first kappa shape index (κ1) is 26.0. The van der Waals surface area contributed by atoms with Crippen molar-refractivity contribution in [3.8, 4) is 23.1 Å². The topological polar surface area (TPSA) is 79.6 Å². The summed E-state index contributed by atoms with van der Waals surface area (Å²) >= 11 is 0. The molecule has 1 saturated heterocycles. The molecule has 0 unspecified atom stereocenters. The molecule has 34 heavy (non-hydrogen) atoms. The molecule has 2 aromatic rings. The Hall–Kier alpha value is -2.66. The van der Waals surface area contributed by atoms with Crippen molar-refractivity contribution in [1.82, 2.24) is 9.88 Å². The molecular weight excluding hydrogens is 428 g/mol. The minimum absolute atomic E-state index is 0.199. The van der Waals surface area contributed by atoms with Gasteiger partial charge >= 0.3 is 0 Å². The lowest BCUT2D eigenvalue weighted by Crippen LogP contribution is -2.38. The van der Waals surface area contributed by atoms with E-state index < -0.39 is 5.60 Å². The number of benzene rings is 1. The molecule has 0 aliphatic carbocycles. The summed E-state index contributed by atoms with van der Waals surface area (Å²) in [6.45, 7) is 16.1. The number of nitrogens with zero attached hydrogens (tertiary/aromatic N) is 3. The molecular formula is C27H38N4O3. The summed E-state index contributed by atoms with van der Waals surface area (Å²) in [5.41, 5.74) is 2.55. The van der Waals surface area contributed by atoms with E-state index in [9.17, 15) is 5.26 Å². The maximum atomic E-state index is 9.91. The van der Waals surface area contributed by atoms with Gasteiger partial charge in [0.1, 0.15) is 17.2 Å². The average Bonchev–Trinajstić information content (AvgIpc) is 2.79. The summed E-state index contributed by atoms with van der Waals surface area (Å²) in [5, 5.41) is 13.4. The SMILES string of the molecule is CC(C)(C)OCCC(C)(C)Oc1nccc(-c2ccc(NCCN3CCOCC3)cc2)c1C#N. The number of hydrogen-bond acceptors (Lipinski definition) is 7. The molecule has 184 valence electrons. The van der Waals surface area contributed by atoms with Crippen LogP contribution in [0.4, 0.5) is 5.69 Å². The highest BCUT2D eigenvalue weighted by Crippen LogP contribution is 2.31. The molecule has 7 nitrogen and oxygen atoms in total. The minimum Gasteiger partial charge on any atom is -0.471 e. The molecule has 0 spiro atoms. The van der Waals surface area contributed by atoms with Crippen LogP contribution >= 0.6 is 0 Å². The van der Waals surface area contributed by atoms with Gasteiger partial charge in [0.25, 0.3) is 0 Å². The average molecular weight is 467 g/mol. The number of ether oxygens (including phenoxy) is 3. The van der Waals surface area contributed by atoms with Gasteiger partial charge in [0.2, 0.25) is 5.88 Å². The van der Waals surface area contributed by atoms with Gasteiger partial charge in [-0.25, -0.2) is 4.98 Å². The van der Waals surface area contributed by atoms with Crippen molar-refractivity contribution < 1.29 is 14.2 Å². The molecule has 0 radical (unpaired) electrons. The molecule has 2 heterocycles.